The Hall–Kier alpha value is -1.47. The molecule has 0 fully saturated rings. The van der Waals surface area contributed by atoms with Gasteiger partial charge >= 0.3 is 5.97 Å². The standard InChI is InChI=1S/C11H13BrN2O4/c1-18-11(15)4-5-13-7-8-2-3-9(12)10(6-8)14(16)17/h2-3,6,13H,4-5,7H2,1H3. The van der Waals surface area contributed by atoms with Crippen molar-refractivity contribution in [3.8, 4) is 0 Å². The number of hydrogen-bond donors (Lipinski definition) is 1. The van der Waals surface area contributed by atoms with E-state index in [0.29, 0.717) is 17.6 Å². The lowest BCUT2D eigenvalue weighted by Gasteiger charge is -2.04. The van der Waals surface area contributed by atoms with Crippen molar-refractivity contribution in [1.82, 2.24) is 5.32 Å². The Kier molecular flexibility index (Phi) is 5.73. The van der Waals surface area contributed by atoms with Gasteiger partial charge in [-0.3, -0.25) is 14.9 Å². The van der Waals surface area contributed by atoms with Gasteiger partial charge in [0.25, 0.3) is 5.69 Å². The number of hydrogen-bond acceptors (Lipinski definition) is 5. The Bertz CT molecular complexity index is 451. The van der Waals surface area contributed by atoms with E-state index in [9.17, 15) is 14.9 Å². The van der Waals surface area contributed by atoms with Gasteiger partial charge in [-0.05, 0) is 27.6 Å². The molecule has 18 heavy (non-hydrogen) atoms. The minimum absolute atomic E-state index is 0.0299. The van der Waals surface area contributed by atoms with Gasteiger partial charge in [-0.1, -0.05) is 6.07 Å². The number of halogens is 1. The molecule has 0 spiro atoms. The summed E-state index contributed by atoms with van der Waals surface area (Å²) in [6.07, 6.45) is 0.273. The lowest BCUT2D eigenvalue weighted by Crippen LogP contribution is -2.18. The maximum Gasteiger partial charge on any atom is 0.306 e. The molecule has 0 aliphatic carbocycles. The molecule has 0 aliphatic rings. The van der Waals surface area contributed by atoms with Crippen molar-refractivity contribution in [2.45, 2.75) is 13.0 Å². The fourth-order valence-electron chi connectivity index (χ4n) is 1.33. The first kappa shape index (κ1) is 14.6. The Morgan fingerprint density at radius 1 is 1.56 bits per heavy atom. The van der Waals surface area contributed by atoms with E-state index in [0.717, 1.165) is 5.56 Å². The average molecular weight is 317 g/mol. The van der Waals surface area contributed by atoms with Gasteiger partial charge in [0.15, 0.2) is 0 Å². The molecule has 0 radical (unpaired) electrons. The van der Waals surface area contributed by atoms with Crippen LogP contribution in [0.4, 0.5) is 5.69 Å². The number of methoxy groups -OCH3 is 1. The second kappa shape index (κ2) is 7.07. The van der Waals surface area contributed by atoms with Gasteiger partial charge in [0.2, 0.25) is 0 Å². The van der Waals surface area contributed by atoms with Crippen molar-refractivity contribution in [2.24, 2.45) is 0 Å². The summed E-state index contributed by atoms with van der Waals surface area (Å²) in [7, 11) is 1.33. The molecule has 1 rings (SSSR count). The maximum absolute atomic E-state index is 10.9. The zero-order chi connectivity index (χ0) is 13.5. The van der Waals surface area contributed by atoms with E-state index in [4.69, 9.17) is 0 Å². The van der Waals surface area contributed by atoms with Crippen LogP contribution >= 0.6 is 15.9 Å². The molecule has 7 heteroatoms. The number of rotatable bonds is 6. The fourth-order valence-corrected chi connectivity index (χ4v) is 1.72. The maximum atomic E-state index is 10.9. The van der Waals surface area contributed by atoms with Crippen molar-refractivity contribution < 1.29 is 14.5 Å². The van der Waals surface area contributed by atoms with Gasteiger partial charge in [0, 0.05) is 19.2 Å². The van der Waals surface area contributed by atoms with E-state index in [1.807, 2.05) is 0 Å². The first-order valence-corrected chi connectivity index (χ1v) is 6.04. The van der Waals surface area contributed by atoms with E-state index in [1.165, 1.54) is 13.2 Å². The fraction of sp³-hybridized carbons (Fsp3) is 0.364. The minimum Gasteiger partial charge on any atom is -0.469 e. The summed E-state index contributed by atoms with van der Waals surface area (Å²) in [6, 6.07) is 4.91. The lowest BCUT2D eigenvalue weighted by molar-refractivity contribution is -0.385. The Balaban J connectivity index is 2.50. The van der Waals surface area contributed by atoms with E-state index in [1.54, 1.807) is 12.1 Å². The molecule has 6 nitrogen and oxygen atoms in total. The second-order valence-corrected chi connectivity index (χ2v) is 4.40. The van der Waals surface area contributed by atoms with E-state index in [-0.39, 0.29) is 18.1 Å². The molecular formula is C11H13BrN2O4. The van der Waals surface area contributed by atoms with Crippen LogP contribution in [0.3, 0.4) is 0 Å². The van der Waals surface area contributed by atoms with Crippen molar-refractivity contribution in [1.29, 1.82) is 0 Å². The molecule has 0 aliphatic heterocycles. The quantitative estimate of drug-likeness (QED) is 0.376. The van der Waals surface area contributed by atoms with Crippen LogP contribution in [-0.4, -0.2) is 24.5 Å². The molecule has 1 N–H and O–H groups in total. The Morgan fingerprint density at radius 3 is 2.89 bits per heavy atom. The molecule has 0 atom stereocenters. The number of benzene rings is 1. The van der Waals surface area contributed by atoms with Crippen LogP contribution in [0.5, 0.6) is 0 Å². The topological polar surface area (TPSA) is 81.5 Å². The largest absolute Gasteiger partial charge is 0.469 e. The van der Waals surface area contributed by atoms with Crippen LogP contribution in [0.25, 0.3) is 0 Å². The lowest BCUT2D eigenvalue weighted by atomic mass is 10.2. The van der Waals surface area contributed by atoms with Crippen molar-refractivity contribution in [3.05, 3.63) is 38.3 Å². The van der Waals surface area contributed by atoms with Crippen LogP contribution in [0.2, 0.25) is 0 Å². The number of carbonyl (C=O) groups is 1. The highest BCUT2D eigenvalue weighted by molar-refractivity contribution is 9.10. The highest BCUT2D eigenvalue weighted by atomic mass is 79.9. The first-order valence-electron chi connectivity index (χ1n) is 5.25. The van der Waals surface area contributed by atoms with E-state index < -0.39 is 4.92 Å². The molecule has 0 amide bonds. The van der Waals surface area contributed by atoms with Crippen LogP contribution in [0, 0.1) is 10.1 Å². The molecular weight excluding hydrogens is 304 g/mol. The normalized spacial score (nSPS) is 10.1. The molecule has 0 bridgehead atoms. The zero-order valence-corrected chi connectivity index (χ0v) is 11.4. The molecule has 0 saturated carbocycles. The summed E-state index contributed by atoms with van der Waals surface area (Å²) in [6.45, 7) is 0.932. The van der Waals surface area contributed by atoms with Gasteiger partial charge < -0.3 is 10.1 Å². The van der Waals surface area contributed by atoms with E-state index in [2.05, 4.69) is 26.0 Å². The third kappa shape index (κ3) is 4.42. The number of nitrogens with one attached hydrogen (secondary N) is 1. The van der Waals surface area contributed by atoms with Crippen LogP contribution in [0.15, 0.2) is 22.7 Å². The molecule has 1 aromatic carbocycles. The number of carbonyl (C=O) groups excluding carboxylic acids is 1. The molecule has 1 aromatic rings. The summed E-state index contributed by atoms with van der Waals surface area (Å²) >= 11 is 3.12. The molecule has 0 unspecified atom stereocenters. The van der Waals surface area contributed by atoms with Gasteiger partial charge in [-0.15, -0.1) is 0 Å². The summed E-state index contributed by atoms with van der Waals surface area (Å²) in [5.74, 6) is -0.288. The van der Waals surface area contributed by atoms with Crippen molar-refractivity contribution in [3.63, 3.8) is 0 Å². The van der Waals surface area contributed by atoms with Crippen molar-refractivity contribution in [2.75, 3.05) is 13.7 Å². The van der Waals surface area contributed by atoms with Crippen LogP contribution in [-0.2, 0) is 16.1 Å². The molecule has 0 heterocycles. The third-order valence-electron chi connectivity index (χ3n) is 2.27. The second-order valence-electron chi connectivity index (χ2n) is 3.55. The predicted octanol–water partition coefficient (Wildman–Crippen LogP) is 2.01. The smallest absolute Gasteiger partial charge is 0.306 e. The number of ether oxygens (including phenoxy) is 1. The third-order valence-corrected chi connectivity index (χ3v) is 2.94. The van der Waals surface area contributed by atoms with Gasteiger partial charge in [-0.25, -0.2) is 0 Å². The molecule has 0 aromatic heterocycles. The predicted molar refractivity (Wildman–Crippen MR) is 69.1 cm³/mol. The van der Waals surface area contributed by atoms with Gasteiger partial charge in [0.05, 0.1) is 22.9 Å². The van der Waals surface area contributed by atoms with Crippen LogP contribution < -0.4 is 5.32 Å². The Morgan fingerprint density at radius 2 is 2.28 bits per heavy atom. The highest BCUT2D eigenvalue weighted by Crippen LogP contribution is 2.25. The Labute approximate surface area is 113 Å². The SMILES string of the molecule is COC(=O)CCNCc1ccc(Br)c([N+](=O)[O-])c1. The monoisotopic (exact) mass is 316 g/mol. The summed E-state index contributed by atoms with van der Waals surface area (Å²) in [4.78, 5) is 21.1. The van der Waals surface area contributed by atoms with Gasteiger partial charge in [-0.2, -0.15) is 0 Å². The van der Waals surface area contributed by atoms with Gasteiger partial charge in [0.1, 0.15) is 0 Å². The first-order chi connectivity index (χ1) is 8.54. The molecule has 0 saturated heterocycles. The summed E-state index contributed by atoms with van der Waals surface area (Å²) < 4.78 is 4.94. The summed E-state index contributed by atoms with van der Waals surface area (Å²) in [5, 5.41) is 13.7. The number of nitro benzene ring substituents is 1. The average Bonchev–Trinajstić information content (AvgIpc) is 2.35. The van der Waals surface area contributed by atoms with E-state index >= 15 is 0 Å². The number of nitro groups is 1. The number of nitrogens with zero attached hydrogens (tertiary/aromatic N) is 1. The minimum atomic E-state index is -0.442. The number of esters is 1. The van der Waals surface area contributed by atoms with Crippen LogP contribution in [0.1, 0.15) is 12.0 Å². The molecule has 98 valence electrons. The zero-order valence-electron chi connectivity index (χ0n) is 9.81. The van der Waals surface area contributed by atoms with Crippen molar-refractivity contribution >= 4 is 27.6 Å². The highest BCUT2D eigenvalue weighted by Gasteiger charge is 2.11. The summed E-state index contributed by atoms with van der Waals surface area (Å²) in [5.41, 5.74) is 0.817.